The first-order chi connectivity index (χ1) is 13.5. The van der Waals surface area contributed by atoms with E-state index in [2.05, 4.69) is 23.9 Å². The van der Waals surface area contributed by atoms with Crippen molar-refractivity contribution < 1.29 is 14.3 Å². The van der Waals surface area contributed by atoms with Gasteiger partial charge in [0.2, 0.25) is 0 Å². The molecule has 0 atom stereocenters. The zero-order valence-electron chi connectivity index (χ0n) is 16.3. The monoisotopic (exact) mass is 377 g/mol. The van der Waals surface area contributed by atoms with Crippen LogP contribution in [0.3, 0.4) is 0 Å². The van der Waals surface area contributed by atoms with Crippen LogP contribution in [0.4, 0.5) is 0 Å². The van der Waals surface area contributed by atoms with Crippen LogP contribution in [0.25, 0.3) is 5.82 Å². The lowest BCUT2D eigenvalue weighted by Gasteiger charge is -2.08. The van der Waals surface area contributed by atoms with Crippen molar-refractivity contribution in [1.29, 1.82) is 0 Å². The molecule has 28 heavy (non-hydrogen) atoms. The number of ether oxygens (including phenoxy) is 1. The van der Waals surface area contributed by atoms with Crippen molar-refractivity contribution in [2.45, 2.75) is 33.1 Å². The van der Waals surface area contributed by atoms with Gasteiger partial charge in [0, 0.05) is 11.8 Å². The van der Waals surface area contributed by atoms with Gasteiger partial charge in [0.15, 0.2) is 18.2 Å². The van der Waals surface area contributed by atoms with Crippen LogP contribution in [0.1, 0.15) is 58.7 Å². The molecule has 3 rings (SSSR count). The van der Waals surface area contributed by atoms with Gasteiger partial charge in [-0.2, -0.15) is 5.10 Å². The summed E-state index contributed by atoms with van der Waals surface area (Å²) < 4.78 is 6.87. The molecule has 6 heteroatoms. The lowest BCUT2D eigenvalue weighted by atomic mass is 10.0. The van der Waals surface area contributed by atoms with Gasteiger partial charge in [-0.1, -0.05) is 51.1 Å². The number of hydrogen-bond donors (Lipinski definition) is 0. The number of esters is 1. The number of nitrogens with zero attached hydrogens (tertiary/aromatic N) is 3. The molecule has 0 saturated carbocycles. The predicted molar refractivity (Wildman–Crippen MR) is 106 cm³/mol. The zero-order chi connectivity index (χ0) is 20.1. The lowest BCUT2D eigenvalue weighted by molar-refractivity contribution is 0.0473. The van der Waals surface area contributed by atoms with E-state index >= 15 is 0 Å². The van der Waals surface area contributed by atoms with Crippen LogP contribution in [-0.4, -0.2) is 33.1 Å². The summed E-state index contributed by atoms with van der Waals surface area (Å²) in [5.41, 5.74) is 2.72. The number of hydrogen-bond acceptors (Lipinski definition) is 5. The number of pyridine rings is 1. The molecule has 2 aromatic heterocycles. The van der Waals surface area contributed by atoms with Gasteiger partial charge in [-0.05, 0) is 30.0 Å². The van der Waals surface area contributed by atoms with Crippen molar-refractivity contribution in [3.8, 4) is 5.82 Å². The SMILES string of the molecule is CCc1c(C(=O)OCC(=O)c2ccc(C(C)C)cc2)cnn1-c1ccccn1. The van der Waals surface area contributed by atoms with Crippen molar-refractivity contribution in [3.63, 3.8) is 0 Å². The summed E-state index contributed by atoms with van der Waals surface area (Å²) in [5.74, 6) is 0.217. The highest BCUT2D eigenvalue weighted by Crippen LogP contribution is 2.17. The molecule has 0 spiro atoms. The first-order valence-corrected chi connectivity index (χ1v) is 9.29. The number of benzene rings is 1. The Bertz CT molecular complexity index is 960. The van der Waals surface area contributed by atoms with Crippen LogP contribution in [-0.2, 0) is 11.2 Å². The maximum absolute atomic E-state index is 12.5. The van der Waals surface area contributed by atoms with E-state index in [1.165, 1.54) is 6.20 Å². The third-order valence-electron chi connectivity index (χ3n) is 4.52. The summed E-state index contributed by atoms with van der Waals surface area (Å²) in [6.07, 6.45) is 3.70. The lowest BCUT2D eigenvalue weighted by Crippen LogP contribution is -2.15. The van der Waals surface area contributed by atoms with Crippen molar-refractivity contribution in [1.82, 2.24) is 14.8 Å². The molecule has 0 unspecified atom stereocenters. The second kappa shape index (κ2) is 8.61. The molecular formula is C22H23N3O3. The minimum Gasteiger partial charge on any atom is -0.454 e. The second-order valence-electron chi connectivity index (χ2n) is 6.73. The van der Waals surface area contributed by atoms with Gasteiger partial charge < -0.3 is 4.74 Å². The fourth-order valence-corrected chi connectivity index (χ4v) is 2.91. The number of ketones is 1. The third kappa shape index (κ3) is 4.17. The van der Waals surface area contributed by atoms with E-state index in [-0.39, 0.29) is 12.4 Å². The molecule has 0 aliphatic heterocycles. The highest BCUT2D eigenvalue weighted by molar-refractivity contribution is 5.99. The van der Waals surface area contributed by atoms with Crippen LogP contribution in [0.5, 0.6) is 0 Å². The highest BCUT2D eigenvalue weighted by Gasteiger charge is 2.20. The fraction of sp³-hybridized carbons (Fsp3) is 0.273. The van der Waals surface area contributed by atoms with Crippen molar-refractivity contribution in [3.05, 3.63) is 77.2 Å². The molecule has 144 valence electrons. The molecule has 2 heterocycles. The fourth-order valence-electron chi connectivity index (χ4n) is 2.91. The molecule has 0 fully saturated rings. The van der Waals surface area contributed by atoms with E-state index in [0.717, 1.165) is 5.56 Å². The summed E-state index contributed by atoms with van der Waals surface area (Å²) in [4.78, 5) is 29.1. The molecular weight excluding hydrogens is 354 g/mol. The van der Waals surface area contributed by atoms with Crippen LogP contribution < -0.4 is 0 Å². The summed E-state index contributed by atoms with van der Waals surface area (Å²) in [6.45, 7) is 5.80. The molecule has 0 bridgehead atoms. The zero-order valence-corrected chi connectivity index (χ0v) is 16.3. The van der Waals surface area contributed by atoms with Gasteiger partial charge in [-0.25, -0.2) is 14.5 Å². The van der Waals surface area contributed by atoms with Crippen LogP contribution in [0, 0.1) is 0 Å². The van der Waals surface area contributed by atoms with Gasteiger partial charge in [0.25, 0.3) is 0 Å². The van der Waals surface area contributed by atoms with E-state index < -0.39 is 5.97 Å². The van der Waals surface area contributed by atoms with E-state index in [1.807, 2.05) is 37.3 Å². The predicted octanol–water partition coefficient (Wildman–Crippen LogP) is 3.99. The molecule has 6 nitrogen and oxygen atoms in total. The van der Waals surface area contributed by atoms with Crippen molar-refractivity contribution in [2.24, 2.45) is 0 Å². The number of aromatic nitrogens is 3. The van der Waals surface area contributed by atoms with E-state index in [1.54, 1.807) is 23.0 Å². The number of rotatable bonds is 7. The summed E-state index contributed by atoms with van der Waals surface area (Å²) >= 11 is 0. The van der Waals surface area contributed by atoms with Gasteiger partial charge >= 0.3 is 5.97 Å². The van der Waals surface area contributed by atoms with E-state index in [9.17, 15) is 9.59 Å². The molecule has 0 aliphatic rings. The van der Waals surface area contributed by atoms with Crippen LogP contribution in [0.15, 0.2) is 54.9 Å². The normalized spacial score (nSPS) is 10.9. The Morgan fingerprint density at radius 1 is 1.11 bits per heavy atom. The average molecular weight is 377 g/mol. The Morgan fingerprint density at radius 3 is 2.46 bits per heavy atom. The first-order valence-electron chi connectivity index (χ1n) is 9.29. The quantitative estimate of drug-likeness (QED) is 0.460. The standard InChI is InChI=1S/C22H23N3O3/c1-4-19-18(13-24-25(19)21-7-5-6-12-23-21)22(27)28-14-20(26)17-10-8-16(9-11-17)15(2)3/h5-13,15H,4,14H2,1-3H3. The van der Waals surface area contributed by atoms with Gasteiger partial charge in [-0.3, -0.25) is 4.79 Å². The Kier molecular flexibility index (Phi) is 5.99. The maximum Gasteiger partial charge on any atom is 0.342 e. The van der Waals surface area contributed by atoms with Gasteiger partial charge in [-0.15, -0.1) is 0 Å². The molecule has 0 saturated heterocycles. The molecule has 1 aromatic carbocycles. The largest absolute Gasteiger partial charge is 0.454 e. The Labute approximate surface area is 164 Å². The summed E-state index contributed by atoms with van der Waals surface area (Å²) in [6, 6.07) is 12.9. The Hall–Kier alpha value is -3.28. The van der Waals surface area contributed by atoms with Gasteiger partial charge in [0.05, 0.1) is 11.9 Å². The average Bonchev–Trinajstić information content (AvgIpc) is 3.16. The summed E-state index contributed by atoms with van der Waals surface area (Å²) in [7, 11) is 0. The smallest absolute Gasteiger partial charge is 0.342 e. The van der Waals surface area contributed by atoms with Crippen LogP contribution >= 0.6 is 0 Å². The van der Waals surface area contributed by atoms with Gasteiger partial charge in [0.1, 0.15) is 5.56 Å². The number of carbonyl (C=O) groups excluding carboxylic acids is 2. The number of carbonyl (C=O) groups is 2. The van der Waals surface area contributed by atoms with E-state index in [4.69, 9.17) is 4.74 Å². The highest BCUT2D eigenvalue weighted by atomic mass is 16.5. The minimum atomic E-state index is -0.564. The summed E-state index contributed by atoms with van der Waals surface area (Å²) in [5, 5.41) is 4.26. The maximum atomic E-state index is 12.5. The molecule has 0 aliphatic carbocycles. The third-order valence-corrected chi connectivity index (χ3v) is 4.52. The second-order valence-corrected chi connectivity index (χ2v) is 6.73. The topological polar surface area (TPSA) is 74.1 Å². The van der Waals surface area contributed by atoms with Crippen LogP contribution in [0.2, 0.25) is 0 Å². The van der Waals surface area contributed by atoms with Crippen molar-refractivity contribution >= 4 is 11.8 Å². The molecule has 3 aromatic rings. The molecule has 0 N–H and O–H groups in total. The first kappa shape index (κ1) is 19.5. The van der Waals surface area contributed by atoms with Crippen molar-refractivity contribution in [2.75, 3.05) is 6.61 Å². The van der Waals surface area contributed by atoms with E-state index in [0.29, 0.717) is 35.0 Å². The Morgan fingerprint density at radius 2 is 1.86 bits per heavy atom. The molecule has 0 radical (unpaired) electrons. The minimum absolute atomic E-state index is 0.237. The molecule has 0 amide bonds. The number of Topliss-reactive ketones (excluding diaryl/α,β-unsaturated/α-hetero) is 1. The Balaban J connectivity index is 1.70.